The number of benzene rings is 13. The van der Waals surface area contributed by atoms with Crippen LogP contribution in [0.5, 0.6) is 0 Å². The topological polar surface area (TPSA) is 0 Å². The van der Waals surface area contributed by atoms with E-state index in [0.717, 1.165) is 0 Å². The van der Waals surface area contributed by atoms with E-state index >= 15 is 0 Å². The lowest BCUT2D eigenvalue weighted by atomic mass is 9.79. The van der Waals surface area contributed by atoms with E-state index in [1.807, 2.05) is 0 Å². The Kier molecular flexibility index (Phi) is 5.85. The number of fused-ring (bicyclic) bond motifs is 4. The standard InChI is InChI=1S/C58H32/c1-2-8-33(9-3-1)41-26-31-46-49(32-41)56(45-30-25-40-21-19-36-11-5-13-38-23-28-43(45)54(40)51(36)38)58-48-17-7-15-34-14-6-16-47(52(34)48)57(58)55(46)44-29-24-39-20-18-35-10-4-12-37-22-27-42(44)53(39)50(35)37/h1-32H. The summed E-state index contributed by atoms with van der Waals surface area (Å²) in [5.41, 5.74) is 12.9. The largest absolute Gasteiger partial charge is 0.0622 e. The van der Waals surface area contributed by atoms with Gasteiger partial charge in [-0.3, -0.25) is 0 Å². The first-order valence-electron chi connectivity index (χ1n) is 20.3. The average Bonchev–Trinajstić information content (AvgIpc) is 3.62. The molecule has 58 heavy (non-hydrogen) atoms. The van der Waals surface area contributed by atoms with Crippen LogP contribution in [-0.4, -0.2) is 0 Å². The van der Waals surface area contributed by atoms with Crippen LogP contribution in [0.25, 0.3) is 142 Å². The summed E-state index contributed by atoms with van der Waals surface area (Å²) >= 11 is 0. The summed E-state index contributed by atoms with van der Waals surface area (Å²) in [6.07, 6.45) is 0. The molecule has 1 aliphatic carbocycles. The van der Waals surface area contributed by atoms with E-state index in [4.69, 9.17) is 0 Å². The molecule has 0 spiro atoms. The predicted molar refractivity (Wildman–Crippen MR) is 250 cm³/mol. The zero-order chi connectivity index (χ0) is 37.6. The van der Waals surface area contributed by atoms with Gasteiger partial charge in [0.25, 0.3) is 0 Å². The van der Waals surface area contributed by atoms with Crippen LogP contribution < -0.4 is 0 Å². The van der Waals surface area contributed by atoms with E-state index in [2.05, 4.69) is 194 Å². The van der Waals surface area contributed by atoms with Gasteiger partial charge >= 0.3 is 0 Å². The molecule has 1 aliphatic rings. The third kappa shape index (κ3) is 3.89. The molecule has 264 valence electrons. The number of rotatable bonds is 3. The van der Waals surface area contributed by atoms with Crippen molar-refractivity contribution in [3.05, 3.63) is 194 Å². The Balaban J connectivity index is 1.22. The van der Waals surface area contributed by atoms with Crippen molar-refractivity contribution in [3.63, 3.8) is 0 Å². The molecular weight excluding hydrogens is 697 g/mol. The molecule has 0 heterocycles. The monoisotopic (exact) mass is 728 g/mol. The van der Waals surface area contributed by atoms with E-state index in [1.54, 1.807) is 0 Å². The maximum absolute atomic E-state index is 2.49. The van der Waals surface area contributed by atoms with Gasteiger partial charge in [0.1, 0.15) is 0 Å². The van der Waals surface area contributed by atoms with Crippen LogP contribution in [0.2, 0.25) is 0 Å². The second-order valence-electron chi connectivity index (χ2n) is 16.3. The molecule has 0 unspecified atom stereocenters. The van der Waals surface area contributed by atoms with Gasteiger partial charge in [-0.1, -0.05) is 188 Å². The molecule has 0 saturated heterocycles. The van der Waals surface area contributed by atoms with Crippen molar-refractivity contribution in [2.24, 2.45) is 0 Å². The molecule has 14 rings (SSSR count). The SMILES string of the molecule is c1ccc(-c2ccc3c(-c4ccc5ccc6cccc7ccc4c5c67)c4c(c(-c5ccc6ccc7cccc8ccc5c6c78)c3c2)-c2cccc3cccc-4c23)cc1. The molecule has 0 fully saturated rings. The van der Waals surface area contributed by atoms with E-state index in [9.17, 15) is 0 Å². The van der Waals surface area contributed by atoms with E-state index in [-0.39, 0.29) is 0 Å². The fourth-order valence-electron chi connectivity index (χ4n) is 11.1. The molecule has 13 aromatic rings. The third-order valence-electron chi connectivity index (χ3n) is 13.5. The molecule has 0 radical (unpaired) electrons. The Labute approximate surface area is 334 Å². The molecule has 0 saturated carbocycles. The summed E-state index contributed by atoms with van der Waals surface area (Å²) in [6.45, 7) is 0. The zero-order valence-electron chi connectivity index (χ0n) is 31.5. The molecule has 0 bridgehead atoms. The van der Waals surface area contributed by atoms with Crippen LogP contribution in [-0.2, 0) is 0 Å². The van der Waals surface area contributed by atoms with E-state index < -0.39 is 0 Å². The van der Waals surface area contributed by atoms with E-state index in [1.165, 1.54) is 142 Å². The highest BCUT2D eigenvalue weighted by atomic mass is 14.3. The highest BCUT2D eigenvalue weighted by Crippen LogP contribution is 2.59. The van der Waals surface area contributed by atoms with Crippen molar-refractivity contribution >= 4 is 86.2 Å². The molecule has 0 nitrogen and oxygen atoms in total. The Morgan fingerprint density at radius 3 is 1.14 bits per heavy atom. The van der Waals surface area contributed by atoms with Crippen molar-refractivity contribution < 1.29 is 0 Å². The van der Waals surface area contributed by atoms with Crippen molar-refractivity contribution in [2.75, 3.05) is 0 Å². The zero-order valence-corrected chi connectivity index (χ0v) is 31.5. The molecular formula is C58H32. The van der Waals surface area contributed by atoms with Gasteiger partial charge in [0.15, 0.2) is 0 Å². The average molecular weight is 729 g/mol. The molecule has 0 N–H and O–H groups in total. The minimum atomic E-state index is 1.22. The lowest BCUT2D eigenvalue weighted by Gasteiger charge is -2.24. The summed E-state index contributed by atoms with van der Waals surface area (Å²) in [5.74, 6) is 0. The van der Waals surface area contributed by atoms with Gasteiger partial charge < -0.3 is 0 Å². The maximum atomic E-state index is 2.49. The van der Waals surface area contributed by atoms with Gasteiger partial charge in [0.2, 0.25) is 0 Å². The van der Waals surface area contributed by atoms with Gasteiger partial charge in [0, 0.05) is 0 Å². The number of hydrogen-bond donors (Lipinski definition) is 0. The fourth-order valence-corrected chi connectivity index (χ4v) is 11.1. The summed E-state index contributed by atoms with van der Waals surface area (Å²) < 4.78 is 0. The smallest absolute Gasteiger partial charge is 0.000719 e. The van der Waals surface area contributed by atoms with Crippen LogP contribution in [0.4, 0.5) is 0 Å². The second kappa shape index (κ2) is 11.1. The molecule has 0 heteroatoms. The minimum absolute atomic E-state index is 1.22. The van der Waals surface area contributed by atoms with E-state index in [0.29, 0.717) is 0 Å². The summed E-state index contributed by atoms with van der Waals surface area (Å²) in [5, 5.41) is 20.9. The summed E-state index contributed by atoms with van der Waals surface area (Å²) in [4.78, 5) is 0. The Hall–Kier alpha value is -7.54. The van der Waals surface area contributed by atoms with Crippen LogP contribution in [0.1, 0.15) is 0 Å². The van der Waals surface area contributed by atoms with Crippen molar-refractivity contribution in [3.8, 4) is 55.6 Å². The molecule has 0 atom stereocenters. The van der Waals surface area contributed by atoms with Crippen molar-refractivity contribution in [1.82, 2.24) is 0 Å². The Bertz CT molecular complexity index is 3850. The van der Waals surface area contributed by atoms with Crippen LogP contribution in [0.15, 0.2) is 194 Å². The fraction of sp³-hybridized carbons (Fsp3) is 0. The number of hydrogen-bond acceptors (Lipinski definition) is 0. The first-order chi connectivity index (χ1) is 28.8. The van der Waals surface area contributed by atoms with Gasteiger partial charge in [-0.25, -0.2) is 0 Å². The third-order valence-corrected chi connectivity index (χ3v) is 13.5. The van der Waals surface area contributed by atoms with Crippen LogP contribution in [0, 0.1) is 0 Å². The maximum Gasteiger partial charge on any atom is -0.000719 e. The molecule has 0 aromatic heterocycles. The summed E-state index contributed by atoms with van der Waals surface area (Å²) in [7, 11) is 0. The highest BCUT2D eigenvalue weighted by molar-refractivity contribution is 6.34. The Morgan fingerprint density at radius 1 is 0.190 bits per heavy atom. The molecule has 13 aromatic carbocycles. The highest BCUT2D eigenvalue weighted by Gasteiger charge is 2.32. The first kappa shape index (κ1) is 30.7. The normalized spacial score (nSPS) is 12.5. The van der Waals surface area contributed by atoms with Gasteiger partial charge in [0.05, 0.1) is 0 Å². The predicted octanol–water partition coefficient (Wildman–Crippen LogP) is 16.4. The summed E-state index contributed by atoms with van der Waals surface area (Å²) in [6, 6.07) is 73.5. The minimum Gasteiger partial charge on any atom is -0.0622 e. The molecule has 0 amide bonds. The van der Waals surface area contributed by atoms with Crippen LogP contribution >= 0.6 is 0 Å². The first-order valence-corrected chi connectivity index (χ1v) is 20.3. The molecule has 0 aliphatic heterocycles. The second-order valence-corrected chi connectivity index (χ2v) is 16.3. The quantitative estimate of drug-likeness (QED) is 0.159. The van der Waals surface area contributed by atoms with Gasteiger partial charge in [-0.2, -0.15) is 0 Å². The van der Waals surface area contributed by atoms with Crippen molar-refractivity contribution in [2.45, 2.75) is 0 Å². The van der Waals surface area contributed by atoms with Crippen LogP contribution in [0.3, 0.4) is 0 Å². The van der Waals surface area contributed by atoms with Crippen molar-refractivity contribution in [1.29, 1.82) is 0 Å². The lowest BCUT2D eigenvalue weighted by Crippen LogP contribution is -1.96. The van der Waals surface area contributed by atoms with Gasteiger partial charge in [-0.05, 0) is 148 Å². The lowest BCUT2D eigenvalue weighted by molar-refractivity contribution is 1.63. The Morgan fingerprint density at radius 2 is 0.603 bits per heavy atom. The van der Waals surface area contributed by atoms with Gasteiger partial charge in [-0.15, -0.1) is 0 Å².